The van der Waals surface area contributed by atoms with Crippen LogP contribution in [-0.2, 0) is 0 Å². The maximum atomic E-state index is 12.5. The van der Waals surface area contributed by atoms with E-state index in [0.717, 1.165) is 32.7 Å². The van der Waals surface area contributed by atoms with Gasteiger partial charge in [0.25, 0.3) is 5.91 Å². The van der Waals surface area contributed by atoms with Crippen LogP contribution >= 0.6 is 12.4 Å². The first-order valence-electron chi connectivity index (χ1n) is 8.85. The number of fused-ring (bicyclic) bond motifs is 1. The van der Waals surface area contributed by atoms with E-state index in [1.807, 2.05) is 24.3 Å². The van der Waals surface area contributed by atoms with Crippen LogP contribution < -0.4 is 9.64 Å². The topological polar surface area (TPSA) is 36.0 Å². The summed E-state index contributed by atoms with van der Waals surface area (Å²) in [7, 11) is 0. The van der Waals surface area contributed by atoms with Crippen molar-refractivity contribution in [1.82, 2.24) is 9.80 Å². The van der Waals surface area contributed by atoms with Crippen LogP contribution in [0.15, 0.2) is 54.6 Å². The molecule has 0 unspecified atom stereocenters. The summed E-state index contributed by atoms with van der Waals surface area (Å²) in [6.45, 7) is 6.04. The van der Waals surface area contributed by atoms with Gasteiger partial charge < -0.3 is 14.5 Å². The minimum atomic E-state index is 0. The van der Waals surface area contributed by atoms with E-state index in [4.69, 9.17) is 4.74 Å². The lowest BCUT2D eigenvalue weighted by atomic mass is 10.1. The summed E-state index contributed by atoms with van der Waals surface area (Å²) in [5.74, 6) is 0.769. The Bertz CT molecular complexity index is 733. The third-order valence-corrected chi connectivity index (χ3v) is 4.96. The lowest BCUT2D eigenvalue weighted by Crippen LogP contribution is -2.50. The zero-order chi connectivity index (χ0) is 17.1. The highest BCUT2D eigenvalue weighted by Crippen LogP contribution is 2.24. The number of rotatable bonds is 4. The number of nitrogens with zero attached hydrogens (tertiary/aromatic N) is 3. The van der Waals surface area contributed by atoms with Gasteiger partial charge in [0, 0.05) is 45.0 Å². The van der Waals surface area contributed by atoms with Gasteiger partial charge >= 0.3 is 0 Å². The maximum absolute atomic E-state index is 12.5. The van der Waals surface area contributed by atoms with Crippen LogP contribution in [0.4, 0.5) is 5.69 Å². The Labute approximate surface area is 160 Å². The number of para-hydroxylation sites is 2. The second kappa shape index (κ2) is 8.43. The van der Waals surface area contributed by atoms with Gasteiger partial charge in [0.2, 0.25) is 0 Å². The summed E-state index contributed by atoms with van der Waals surface area (Å²) < 4.78 is 5.70. The SMILES string of the molecule is Cl.O=C1c2ccccc2OCN1CCN1CCN(c2ccccc2)CC1. The average Bonchev–Trinajstić information content (AvgIpc) is 2.69. The van der Waals surface area contributed by atoms with Crippen molar-refractivity contribution >= 4 is 24.0 Å². The quantitative estimate of drug-likeness (QED) is 0.825. The summed E-state index contributed by atoms with van der Waals surface area (Å²) in [5, 5.41) is 0. The highest BCUT2D eigenvalue weighted by molar-refractivity contribution is 5.97. The van der Waals surface area contributed by atoms with E-state index in [1.54, 1.807) is 4.90 Å². The van der Waals surface area contributed by atoms with E-state index in [-0.39, 0.29) is 18.3 Å². The van der Waals surface area contributed by atoms with Crippen LogP contribution in [0.5, 0.6) is 5.75 Å². The molecular weight excluding hydrogens is 350 g/mol. The van der Waals surface area contributed by atoms with E-state index < -0.39 is 0 Å². The average molecular weight is 374 g/mol. The Balaban J connectivity index is 0.00000196. The molecule has 2 aromatic carbocycles. The summed E-state index contributed by atoms with van der Waals surface area (Å²) in [6, 6.07) is 18.0. The third kappa shape index (κ3) is 3.94. The van der Waals surface area contributed by atoms with Gasteiger partial charge in [-0.3, -0.25) is 9.69 Å². The van der Waals surface area contributed by atoms with Crippen LogP contribution in [0.2, 0.25) is 0 Å². The number of hydrogen-bond donors (Lipinski definition) is 0. The number of anilines is 1. The molecule has 0 radical (unpaired) electrons. The number of carbonyl (C=O) groups excluding carboxylic acids is 1. The van der Waals surface area contributed by atoms with Crippen molar-refractivity contribution in [3.05, 3.63) is 60.2 Å². The van der Waals surface area contributed by atoms with Gasteiger partial charge in [-0.15, -0.1) is 12.4 Å². The van der Waals surface area contributed by atoms with Crippen molar-refractivity contribution in [3.8, 4) is 5.75 Å². The van der Waals surface area contributed by atoms with Crippen molar-refractivity contribution in [1.29, 1.82) is 0 Å². The molecule has 4 rings (SSSR count). The smallest absolute Gasteiger partial charge is 0.260 e. The van der Waals surface area contributed by atoms with E-state index >= 15 is 0 Å². The molecule has 1 amide bonds. The summed E-state index contributed by atoms with van der Waals surface area (Å²) >= 11 is 0. The molecule has 2 heterocycles. The minimum absolute atomic E-state index is 0. The van der Waals surface area contributed by atoms with E-state index in [0.29, 0.717) is 24.6 Å². The number of benzene rings is 2. The van der Waals surface area contributed by atoms with Crippen molar-refractivity contribution in [2.45, 2.75) is 0 Å². The predicted octanol–water partition coefficient (Wildman–Crippen LogP) is 2.72. The van der Waals surface area contributed by atoms with Crippen molar-refractivity contribution in [2.24, 2.45) is 0 Å². The number of amides is 1. The molecule has 2 aliphatic heterocycles. The van der Waals surface area contributed by atoms with Crippen molar-refractivity contribution < 1.29 is 9.53 Å². The fourth-order valence-corrected chi connectivity index (χ4v) is 3.44. The first-order valence-corrected chi connectivity index (χ1v) is 8.85. The Hall–Kier alpha value is -2.24. The van der Waals surface area contributed by atoms with Gasteiger partial charge in [-0.25, -0.2) is 0 Å². The van der Waals surface area contributed by atoms with Gasteiger partial charge in [0.05, 0.1) is 5.56 Å². The zero-order valence-corrected chi connectivity index (χ0v) is 15.5. The Morgan fingerprint density at radius 3 is 2.31 bits per heavy atom. The summed E-state index contributed by atoms with van der Waals surface area (Å²) in [5.41, 5.74) is 1.96. The third-order valence-electron chi connectivity index (χ3n) is 4.96. The number of piperazine rings is 1. The molecule has 6 heteroatoms. The molecule has 1 saturated heterocycles. The molecule has 26 heavy (non-hydrogen) atoms. The molecule has 2 aromatic rings. The molecule has 2 aliphatic rings. The largest absolute Gasteiger partial charge is 0.472 e. The Morgan fingerprint density at radius 2 is 1.54 bits per heavy atom. The molecule has 138 valence electrons. The van der Waals surface area contributed by atoms with Crippen LogP contribution in [0.3, 0.4) is 0 Å². The highest BCUT2D eigenvalue weighted by Gasteiger charge is 2.26. The highest BCUT2D eigenvalue weighted by atomic mass is 35.5. The Kier molecular flexibility index (Phi) is 6.01. The second-order valence-corrected chi connectivity index (χ2v) is 6.50. The lowest BCUT2D eigenvalue weighted by Gasteiger charge is -2.37. The second-order valence-electron chi connectivity index (χ2n) is 6.50. The van der Waals surface area contributed by atoms with Crippen LogP contribution in [0.1, 0.15) is 10.4 Å². The molecule has 0 aliphatic carbocycles. The summed E-state index contributed by atoms with van der Waals surface area (Å²) in [6.07, 6.45) is 0. The van der Waals surface area contributed by atoms with Crippen LogP contribution in [-0.4, -0.2) is 61.7 Å². The normalized spacial score (nSPS) is 17.3. The standard InChI is InChI=1S/C20H23N3O2.ClH/c24-20-18-8-4-5-9-19(18)25-16-23(20)15-12-21-10-13-22(14-11-21)17-6-2-1-3-7-17;/h1-9H,10-16H2;1H. The first-order chi connectivity index (χ1) is 12.3. The number of ether oxygens (including phenoxy) is 1. The van der Waals surface area contributed by atoms with Crippen molar-refractivity contribution in [2.75, 3.05) is 50.9 Å². The fourth-order valence-electron chi connectivity index (χ4n) is 3.44. The van der Waals surface area contributed by atoms with Gasteiger partial charge in [-0.05, 0) is 24.3 Å². The van der Waals surface area contributed by atoms with E-state index in [2.05, 4.69) is 40.1 Å². The lowest BCUT2D eigenvalue weighted by molar-refractivity contribution is 0.0488. The maximum Gasteiger partial charge on any atom is 0.260 e. The number of halogens is 1. The first kappa shape index (κ1) is 18.5. The van der Waals surface area contributed by atoms with Gasteiger partial charge in [-0.1, -0.05) is 30.3 Å². The van der Waals surface area contributed by atoms with Gasteiger partial charge in [-0.2, -0.15) is 0 Å². The molecule has 0 atom stereocenters. The predicted molar refractivity (Wildman–Crippen MR) is 105 cm³/mol. The molecule has 0 spiro atoms. The molecular formula is C20H24ClN3O2. The molecule has 5 nitrogen and oxygen atoms in total. The summed E-state index contributed by atoms with van der Waals surface area (Å²) in [4.78, 5) is 19.2. The molecule has 0 bridgehead atoms. The number of hydrogen-bond acceptors (Lipinski definition) is 4. The molecule has 0 saturated carbocycles. The van der Waals surface area contributed by atoms with Gasteiger partial charge in [0.15, 0.2) is 6.73 Å². The van der Waals surface area contributed by atoms with Crippen LogP contribution in [0, 0.1) is 0 Å². The zero-order valence-electron chi connectivity index (χ0n) is 14.7. The molecule has 0 aromatic heterocycles. The molecule has 0 N–H and O–H groups in total. The van der Waals surface area contributed by atoms with E-state index in [9.17, 15) is 4.79 Å². The number of carbonyl (C=O) groups is 1. The van der Waals surface area contributed by atoms with Gasteiger partial charge in [0.1, 0.15) is 5.75 Å². The minimum Gasteiger partial charge on any atom is -0.472 e. The Morgan fingerprint density at radius 1 is 0.846 bits per heavy atom. The molecule has 1 fully saturated rings. The van der Waals surface area contributed by atoms with Crippen molar-refractivity contribution in [3.63, 3.8) is 0 Å². The van der Waals surface area contributed by atoms with Crippen LogP contribution in [0.25, 0.3) is 0 Å². The monoisotopic (exact) mass is 373 g/mol. The van der Waals surface area contributed by atoms with E-state index in [1.165, 1.54) is 5.69 Å². The fraction of sp³-hybridized carbons (Fsp3) is 0.350.